The van der Waals surface area contributed by atoms with E-state index < -0.39 is 0 Å². The number of unbranched alkanes of at least 4 members (excludes halogenated alkanes) is 4. The van der Waals surface area contributed by atoms with Crippen LogP contribution in [0.15, 0.2) is 24.3 Å². The molecule has 2 aliphatic carbocycles. The minimum atomic E-state index is 0.842. The minimum Gasteiger partial charge on any atom is -0.0654 e. The van der Waals surface area contributed by atoms with E-state index in [0.717, 1.165) is 23.7 Å². The van der Waals surface area contributed by atoms with Crippen LogP contribution in [0.4, 0.5) is 0 Å². The Hall–Kier alpha value is -0.0500. The monoisotopic (exact) mass is 438 g/mol. The molecule has 4 atom stereocenters. The summed E-state index contributed by atoms with van der Waals surface area (Å²) in [7, 11) is 0. The summed E-state index contributed by atoms with van der Waals surface area (Å²) < 4.78 is 1.37. The highest BCUT2D eigenvalue weighted by molar-refractivity contribution is 14.1. The number of benzene rings is 1. The predicted molar refractivity (Wildman–Crippen MR) is 113 cm³/mol. The second-order valence-electron chi connectivity index (χ2n) is 8.46. The molecule has 2 aliphatic rings. The summed E-state index contributed by atoms with van der Waals surface area (Å²) in [5.41, 5.74) is 1.60. The molecule has 0 aliphatic heterocycles. The number of hydrogen-bond acceptors (Lipinski definition) is 0. The van der Waals surface area contributed by atoms with Crippen molar-refractivity contribution in [2.45, 2.75) is 89.9 Å². The molecule has 1 aromatic carbocycles. The molecule has 0 N–H and O–H groups in total. The van der Waals surface area contributed by atoms with E-state index in [9.17, 15) is 0 Å². The van der Waals surface area contributed by atoms with Gasteiger partial charge in [-0.15, -0.1) is 0 Å². The summed E-state index contributed by atoms with van der Waals surface area (Å²) in [5, 5.41) is 0. The molecule has 0 unspecified atom stereocenters. The molecule has 0 amide bonds. The summed E-state index contributed by atoms with van der Waals surface area (Å²) in [6.07, 6.45) is 17.8. The fraction of sp³-hybridized carbons (Fsp3) is 0.739. The van der Waals surface area contributed by atoms with Crippen molar-refractivity contribution in [3.8, 4) is 0 Å². The van der Waals surface area contributed by atoms with Crippen LogP contribution < -0.4 is 0 Å². The maximum atomic E-state index is 2.42. The van der Waals surface area contributed by atoms with Crippen LogP contribution in [0.1, 0.15) is 95.5 Å². The van der Waals surface area contributed by atoms with Gasteiger partial charge in [-0.2, -0.15) is 0 Å². The molecule has 2 fully saturated rings. The zero-order valence-corrected chi connectivity index (χ0v) is 17.6. The third-order valence-electron chi connectivity index (χ3n) is 6.78. The molecule has 0 nitrogen and oxygen atoms in total. The SMILES string of the molecule is CCCCCCC[C@H]1CC[C@@H]2C[C@H](c3ccc(I)cc3)CC[C@H]2C1. The van der Waals surface area contributed by atoms with Crippen LogP contribution in [0.25, 0.3) is 0 Å². The van der Waals surface area contributed by atoms with Gasteiger partial charge in [0.15, 0.2) is 0 Å². The smallest absolute Gasteiger partial charge is 0.0130 e. The first-order valence-electron chi connectivity index (χ1n) is 10.5. The Labute approximate surface area is 163 Å². The second kappa shape index (κ2) is 9.59. The van der Waals surface area contributed by atoms with Gasteiger partial charge in [0.1, 0.15) is 0 Å². The van der Waals surface area contributed by atoms with Crippen molar-refractivity contribution in [1.29, 1.82) is 0 Å². The van der Waals surface area contributed by atoms with E-state index in [0.29, 0.717) is 0 Å². The summed E-state index contributed by atoms with van der Waals surface area (Å²) >= 11 is 2.42. The fourth-order valence-electron chi connectivity index (χ4n) is 5.32. The van der Waals surface area contributed by atoms with Gasteiger partial charge in [0.25, 0.3) is 0 Å². The van der Waals surface area contributed by atoms with E-state index >= 15 is 0 Å². The van der Waals surface area contributed by atoms with Crippen LogP contribution in [0.3, 0.4) is 0 Å². The lowest BCUT2D eigenvalue weighted by Crippen LogP contribution is -2.30. The van der Waals surface area contributed by atoms with Gasteiger partial charge < -0.3 is 0 Å². The van der Waals surface area contributed by atoms with Gasteiger partial charge in [-0.25, -0.2) is 0 Å². The molecule has 1 heteroatoms. The highest BCUT2D eigenvalue weighted by Gasteiger charge is 2.35. The van der Waals surface area contributed by atoms with Crippen LogP contribution in [0.5, 0.6) is 0 Å². The van der Waals surface area contributed by atoms with Gasteiger partial charge in [-0.05, 0) is 96.1 Å². The van der Waals surface area contributed by atoms with Gasteiger partial charge in [0.05, 0.1) is 0 Å². The van der Waals surface area contributed by atoms with Gasteiger partial charge in [-0.1, -0.05) is 64.0 Å². The molecule has 24 heavy (non-hydrogen) atoms. The Morgan fingerprint density at radius 2 is 1.54 bits per heavy atom. The zero-order chi connectivity index (χ0) is 16.8. The predicted octanol–water partition coefficient (Wildman–Crippen LogP) is 7.95. The number of halogens is 1. The third-order valence-corrected chi connectivity index (χ3v) is 7.50. The molecule has 0 aromatic heterocycles. The van der Waals surface area contributed by atoms with Gasteiger partial charge in [-0.3, -0.25) is 0 Å². The van der Waals surface area contributed by atoms with E-state index in [4.69, 9.17) is 0 Å². The largest absolute Gasteiger partial charge is 0.0654 e. The molecular weight excluding hydrogens is 403 g/mol. The van der Waals surface area contributed by atoms with Crippen LogP contribution in [0.2, 0.25) is 0 Å². The molecule has 2 saturated carbocycles. The van der Waals surface area contributed by atoms with Crippen LogP contribution >= 0.6 is 22.6 Å². The van der Waals surface area contributed by atoms with Gasteiger partial charge >= 0.3 is 0 Å². The van der Waals surface area contributed by atoms with E-state index in [1.54, 1.807) is 12.0 Å². The second-order valence-corrected chi connectivity index (χ2v) is 9.71. The van der Waals surface area contributed by atoms with Crippen molar-refractivity contribution < 1.29 is 0 Å². The number of fused-ring (bicyclic) bond motifs is 1. The molecule has 0 saturated heterocycles. The summed E-state index contributed by atoms with van der Waals surface area (Å²) in [6, 6.07) is 9.35. The average Bonchev–Trinajstić information content (AvgIpc) is 2.62. The maximum absolute atomic E-state index is 2.42. The highest BCUT2D eigenvalue weighted by Crippen LogP contribution is 2.48. The van der Waals surface area contributed by atoms with Crippen LogP contribution in [-0.2, 0) is 0 Å². The molecule has 0 bridgehead atoms. The van der Waals surface area contributed by atoms with E-state index in [-0.39, 0.29) is 0 Å². The Morgan fingerprint density at radius 1 is 0.833 bits per heavy atom. The Bertz CT molecular complexity index is 477. The lowest BCUT2D eigenvalue weighted by Gasteiger charge is -2.42. The Kier molecular flexibility index (Phi) is 7.49. The third kappa shape index (κ3) is 5.22. The lowest BCUT2D eigenvalue weighted by molar-refractivity contribution is 0.113. The van der Waals surface area contributed by atoms with E-state index in [1.807, 2.05) is 0 Å². The molecule has 0 heterocycles. The normalized spacial score (nSPS) is 30.1. The maximum Gasteiger partial charge on any atom is 0.0130 e. The van der Waals surface area contributed by atoms with Gasteiger partial charge in [0.2, 0.25) is 0 Å². The minimum absolute atomic E-state index is 0.842. The molecular formula is C23H35I. The Morgan fingerprint density at radius 3 is 2.33 bits per heavy atom. The summed E-state index contributed by atoms with van der Waals surface area (Å²) in [5.74, 6) is 3.98. The molecule has 134 valence electrons. The first-order chi connectivity index (χ1) is 11.8. The van der Waals surface area contributed by atoms with Crippen LogP contribution in [-0.4, -0.2) is 0 Å². The van der Waals surface area contributed by atoms with Crippen molar-refractivity contribution in [3.05, 3.63) is 33.4 Å². The quantitative estimate of drug-likeness (QED) is 0.299. The van der Waals surface area contributed by atoms with Crippen molar-refractivity contribution in [2.24, 2.45) is 17.8 Å². The number of rotatable bonds is 7. The molecule has 0 spiro atoms. The van der Waals surface area contributed by atoms with Crippen molar-refractivity contribution in [3.63, 3.8) is 0 Å². The fourth-order valence-corrected chi connectivity index (χ4v) is 5.68. The first kappa shape index (κ1) is 18.7. The average molecular weight is 438 g/mol. The van der Waals surface area contributed by atoms with E-state index in [2.05, 4.69) is 53.8 Å². The summed E-state index contributed by atoms with van der Waals surface area (Å²) in [6.45, 7) is 2.31. The van der Waals surface area contributed by atoms with Gasteiger partial charge in [0, 0.05) is 3.57 Å². The van der Waals surface area contributed by atoms with Crippen molar-refractivity contribution in [2.75, 3.05) is 0 Å². The first-order valence-corrected chi connectivity index (χ1v) is 11.6. The topological polar surface area (TPSA) is 0 Å². The zero-order valence-electron chi connectivity index (χ0n) is 15.5. The van der Waals surface area contributed by atoms with Crippen molar-refractivity contribution >= 4 is 22.6 Å². The van der Waals surface area contributed by atoms with Crippen molar-refractivity contribution in [1.82, 2.24) is 0 Å². The summed E-state index contributed by atoms with van der Waals surface area (Å²) in [4.78, 5) is 0. The highest BCUT2D eigenvalue weighted by atomic mass is 127. The molecule has 3 rings (SSSR count). The lowest BCUT2D eigenvalue weighted by atomic mass is 9.63. The number of hydrogen-bond donors (Lipinski definition) is 0. The van der Waals surface area contributed by atoms with E-state index in [1.165, 1.54) is 74.2 Å². The van der Waals surface area contributed by atoms with Crippen LogP contribution in [0, 0.1) is 21.3 Å². The Balaban J connectivity index is 1.43. The molecule has 0 radical (unpaired) electrons. The molecule has 1 aromatic rings. The standard InChI is InChI=1S/C23H35I/c1-2-3-4-5-6-7-18-8-9-22-17-21(11-10-20(22)16-18)19-12-14-23(24)15-13-19/h12-15,18,20-22H,2-11,16-17H2,1H3/t18-,20-,21+,22+/m0/s1.